The minimum Gasteiger partial charge on any atom is -0.380 e. The largest absolute Gasteiger partial charge is 0.380 e. The number of hydrogen-bond donors (Lipinski definition) is 2. The van der Waals surface area contributed by atoms with Crippen LogP contribution in [0.4, 0.5) is 4.39 Å². The summed E-state index contributed by atoms with van der Waals surface area (Å²) in [6, 6.07) is 15.5. The summed E-state index contributed by atoms with van der Waals surface area (Å²) < 4.78 is 13.2. The molecule has 0 spiro atoms. The number of rotatable bonds is 3. The van der Waals surface area contributed by atoms with Crippen molar-refractivity contribution in [2.45, 2.75) is 6.10 Å². The SMILES string of the molecule is OC(c1ccccc1)c1ncc(-c2cccc(F)c2)[nH]1. The Hall–Kier alpha value is -2.46. The molecular formula is C16H13FN2O. The molecule has 3 rings (SSSR count). The van der Waals surface area contributed by atoms with Crippen molar-refractivity contribution < 1.29 is 9.50 Å². The molecule has 0 saturated heterocycles. The van der Waals surface area contributed by atoms with Crippen molar-refractivity contribution in [1.29, 1.82) is 0 Å². The molecule has 1 aromatic heterocycles. The maximum atomic E-state index is 13.2. The molecule has 0 bridgehead atoms. The van der Waals surface area contributed by atoms with Crippen molar-refractivity contribution >= 4 is 0 Å². The molecule has 1 unspecified atom stereocenters. The molecule has 0 aliphatic rings. The molecule has 0 amide bonds. The van der Waals surface area contributed by atoms with Gasteiger partial charge in [-0.2, -0.15) is 0 Å². The summed E-state index contributed by atoms with van der Waals surface area (Å²) in [6.07, 6.45) is 0.773. The minimum atomic E-state index is -0.821. The van der Waals surface area contributed by atoms with E-state index in [-0.39, 0.29) is 5.82 Å². The topological polar surface area (TPSA) is 48.9 Å². The van der Waals surface area contributed by atoms with Gasteiger partial charge in [0.25, 0.3) is 0 Å². The number of hydrogen-bond acceptors (Lipinski definition) is 2. The Kier molecular flexibility index (Phi) is 3.31. The second-order valence-corrected chi connectivity index (χ2v) is 4.51. The normalized spacial score (nSPS) is 12.3. The smallest absolute Gasteiger partial charge is 0.140 e. The van der Waals surface area contributed by atoms with Gasteiger partial charge in [-0.25, -0.2) is 9.37 Å². The number of aromatic nitrogens is 2. The molecule has 0 aliphatic heterocycles. The fourth-order valence-corrected chi connectivity index (χ4v) is 2.07. The minimum absolute atomic E-state index is 0.303. The van der Waals surface area contributed by atoms with Crippen molar-refractivity contribution in [3.05, 3.63) is 78.0 Å². The Morgan fingerprint density at radius 1 is 1.05 bits per heavy atom. The van der Waals surface area contributed by atoms with Crippen LogP contribution >= 0.6 is 0 Å². The molecular weight excluding hydrogens is 255 g/mol. The Morgan fingerprint density at radius 2 is 1.85 bits per heavy atom. The zero-order chi connectivity index (χ0) is 13.9. The first kappa shape index (κ1) is 12.6. The van der Waals surface area contributed by atoms with E-state index >= 15 is 0 Å². The predicted octanol–water partition coefficient (Wildman–Crippen LogP) is 3.30. The van der Waals surface area contributed by atoms with E-state index in [1.807, 2.05) is 30.3 Å². The van der Waals surface area contributed by atoms with Crippen LogP contribution in [-0.4, -0.2) is 15.1 Å². The second-order valence-electron chi connectivity index (χ2n) is 4.51. The quantitative estimate of drug-likeness (QED) is 0.765. The summed E-state index contributed by atoms with van der Waals surface area (Å²) in [6.45, 7) is 0. The highest BCUT2D eigenvalue weighted by atomic mass is 19.1. The van der Waals surface area contributed by atoms with Gasteiger partial charge in [0.15, 0.2) is 0 Å². The average Bonchev–Trinajstić information content (AvgIpc) is 2.97. The van der Waals surface area contributed by atoms with Crippen LogP contribution in [0, 0.1) is 5.82 Å². The second kappa shape index (κ2) is 5.27. The molecule has 3 aromatic rings. The Bertz CT molecular complexity index is 709. The highest BCUT2D eigenvalue weighted by Gasteiger charge is 2.14. The van der Waals surface area contributed by atoms with Crippen LogP contribution < -0.4 is 0 Å². The number of aliphatic hydroxyl groups excluding tert-OH is 1. The van der Waals surface area contributed by atoms with Gasteiger partial charge >= 0.3 is 0 Å². The number of imidazole rings is 1. The monoisotopic (exact) mass is 268 g/mol. The highest BCUT2D eigenvalue weighted by molar-refractivity contribution is 5.58. The first-order valence-corrected chi connectivity index (χ1v) is 6.28. The average molecular weight is 268 g/mol. The number of H-pyrrole nitrogens is 1. The molecule has 3 nitrogen and oxygen atoms in total. The number of benzene rings is 2. The van der Waals surface area contributed by atoms with Crippen LogP contribution in [0.3, 0.4) is 0 Å². The summed E-state index contributed by atoms with van der Waals surface area (Å²) in [4.78, 5) is 7.20. The van der Waals surface area contributed by atoms with Crippen LogP contribution in [-0.2, 0) is 0 Å². The number of nitrogens with one attached hydrogen (secondary N) is 1. The summed E-state index contributed by atoms with van der Waals surface area (Å²) >= 11 is 0. The van der Waals surface area contributed by atoms with Crippen molar-refractivity contribution in [3.63, 3.8) is 0 Å². The van der Waals surface area contributed by atoms with Gasteiger partial charge in [-0.3, -0.25) is 0 Å². The molecule has 0 saturated carbocycles. The molecule has 0 aliphatic carbocycles. The van der Waals surface area contributed by atoms with Crippen LogP contribution in [0.1, 0.15) is 17.5 Å². The van der Waals surface area contributed by atoms with Crippen LogP contribution in [0.2, 0.25) is 0 Å². The highest BCUT2D eigenvalue weighted by Crippen LogP contribution is 2.23. The van der Waals surface area contributed by atoms with E-state index in [0.29, 0.717) is 17.1 Å². The summed E-state index contributed by atoms with van der Waals surface area (Å²) in [5.41, 5.74) is 2.13. The van der Waals surface area contributed by atoms with E-state index in [9.17, 15) is 9.50 Å². The molecule has 0 radical (unpaired) electrons. The van der Waals surface area contributed by atoms with Crippen molar-refractivity contribution in [3.8, 4) is 11.3 Å². The van der Waals surface area contributed by atoms with Crippen molar-refractivity contribution in [2.24, 2.45) is 0 Å². The van der Waals surface area contributed by atoms with E-state index in [1.165, 1.54) is 12.1 Å². The van der Waals surface area contributed by atoms with Gasteiger partial charge < -0.3 is 10.1 Å². The number of halogens is 1. The third kappa shape index (κ3) is 2.46. The first-order chi connectivity index (χ1) is 9.74. The molecule has 4 heteroatoms. The standard InChI is InChI=1S/C16H13FN2O/c17-13-8-4-7-12(9-13)14-10-18-16(19-14)15(20)11-5-2-1-3-6-11/h1-10,15,20H,(H,18,19). The molecule has 1 heterocycles. The maximum Gasteiger partial charge on any atom is 0.140 e. The molecule has 2 aromatic carbocycles. The molecule has 0 fully saturated rings. The van der Waals surface area contributed by atoms with E-state index in [2.05, 4.69) is 9.97 Å². The van der Waals surface area contributed by atoms with Gasteiger partial charge in [0.2, 0.25) is 0 Å². The van der Waals surface area contributed by atoms with Gasteiger partial charge in [-0.15, -0.1) is 0 Å². The number of aromatic amines is 1. The zero-order valence-corrected chi connectivity index (χ0v) is 10.6. The van der Waals surface area contributed by atoms with Crippen molar-refractivity contribution in [2.75, 3.05) is 0 Å². The number of nitrogens with zero attached hydrogens (tertiary/aromatic N) is 1. The fourth-order valence-electron chi connectivity index (χ4n) is 2.07. The van der Waals surface area contributed by atoms with Crippen LogP contribution in [0.15, 0.2) is 60.8 Å². The van der Waals surface area contributed by atoms with E-state index in [1.54, 1.807) is 18.3 Å². The summed E-state index contributed by atoms with van der Waals surface area (Å²) in [7, 11) is 0. The van der Waals surface area contributed by atoms with Crippen LogP contribution in [0.5, 0.6) is 0 Å². The van der Waals surface area contributed by atoms with E-state index < -0.39 is 6.10 Å². The Morgan fingerprint density at radius 3 is 2.60 bits per heavy atom. The molecule has 100 valence electrons. The van der Waals surface area contributed by atoms with Gasteiger partial charge in [-0.05, 0) is 17.7 Å². The number of aliphatic hydroxyl groups is 1. The van der Waals surface area contributed by atoms with Gasteiger partial charge in [0.1, 0.15) is 17.7 Å². The lowest BCUT2D eigenvalue weighted by atomic mass is 10.1. The third-order valence-electron chi connectivity index (χ3n) is 3.11. The Labute approximate surface area is 115 Å². The van der Waals surface area contributed by atoms with Gasteiger partial charge in [0.05, 0.1) is 11.9 Å². The Balaban J connectivity index is 1.91. The predicted molar refractivity (Wildman–Crippen MR) is 74.5 cm³/mol. The third-order valence-corrected chi connectivity index (χ3v) is 3.11. The van der Waals surface area contributed by atoms with Gasteiger partial charge in [-0.1, -0.05) is 42.5 Å². The molecule has 2 N–H and O–H groups in total. The lowest BCUT2D eigenvalue weighted by Crippen LogP contribution is -2.01. The van der Waals surface area contributed by atoms with Gasteiger partial charge in [0, 0.05) is 5.56 Å². The lowest BCUT2D eigenvalue weighted by molar-refractivity contribution is 0.211. The molecule has 1 atom stereocenters. The summed E-state index contributed by atoms with van der Waals surface area (Å²) in [5, 5.41) is 10.2. The van der Waals surface area contributed by atoms with E-state index in [0.717, 1.165) is 5.56 Å². The van der Waals surface area contributed by atoms with Crippen molar-refractivity contribution in [1.82, 2.24) is 9.97 Å². The lowest BCUT2D eigenvalue weighted by Gasteiger charge is -2.07. The zero-order valence-electron chi connectivity index (χ0n) is 10.6. The maximum absolute atomic E-state index is 13.2. The molecule has 20 heavy (non-hydrogen) atoms. The van der Waals surface area contributed by atoms with E-state index in [4.69, 9.17) is 0 Å². The van der Waals surface area contributed by atoms with Crippen LogP contribution in [0.25, 0.3) is 11.3 Å². The first-order valence-electron chi connectivity index (χ1n) is 6.28. The summed E-state index contributed by atoms with van der Waals surface area (Å²) in [5.74, 6) is 0.137. The fraction of sp³-hybridized carbons (Fsp3) is 0.0625.